The van der Waals surface area contributed by atoms with Gasteiger partial charge in [0, 0.05) is 19.1 Å². The van der Waals surface area contributed by atoms with Gasteiger partial charge in [-0.05, 0) is 48.6 Å². The second kappa shape index (κ2) is 5.75. The van der Waals surface area contributed by atoms with E-state index in [9.17, 15) is 8.42 Å². The zero-order chi connectivity index (χ0) is 14.2. The molecule has 20 heavy (non-hydrogen) atoms. The highest BCUT2D eigenvalue weighted by Gasteiger charge is 2.40. The summed E-state index contributed by atoms with van der Waals surface area (Å²) < 4.78 is 28.0. The molecule has 112 valence electrons. The van der Waals surface area contributed by atoms with Crippen molar-refractivity contribution in [1.82, 2.24) is 4.31 Å². The summed E-state index contributed by atoms with van der Waals surface area (Å²) in [6.45, 7) is 1.08. The number of fused-ring (bicyclic) bond motifs is 1. The third kappa shape index (κ3) is 2.54. The number of sulfonamides is 1. The molecule has 0 aromatic carbocycles. The van der Waals surface area contributed by atoms with E-state index in [1.54, 1.807) is 10.4 Å². The molecule has 3 rings (SSSR count). The lowest BCUT2D eigenvalue weighted by molar-refractivity contribution is 0.129. The van der Waals surface area contributed by atoms with Crippen molar-refractivity contribution >= 4 is 21.4 Å². The molecule has 2 atom stereocenters. The zero-order valence-electron chi connectivity index (χ0n) is 11.6. The number of hydrogen-bond acceptors (Lipinski definition) is 4. The summed E-state index contributed by atoms with van der Waals surface area (Å²) in [7, 11) is -3.33. The van der Waals surface area contributed by atoms with Crippen LogP contribution in [-0.2, 0) is 16.6 Å². The van der Waals surface area contributed by atoms with Gasteiger partial charge in [0.05, 0.1) is 0 Å². The number of hydrogen-bond donors (Lipinski definition) is 1. The summed E-state index contributed by atoms with van der Waals surface area (Å²) >= 11 is 1.30. The minimum atomic E-state index is -3.33. The maximum absolute atomic E-state index is 12.9. The van der Waals surface area contributed by atoms with E-state index in [0.717, 1.165) is 24.8 Å². The molecule has 0 amide bonds. The quantitative estimate of drug-likeness (QED) is 0.932. The van der Waals surface area contributed by atoms with Gasteiger partial charge in [-0.1, -0.05) is 12.8 Å². The standard InChI is InChI=1S/C14H22N2O2S2/c15-9-11-8-14(19-10-11)20(17,18)16-7-3-5-12-4-1-2-6-13(12)16/h8,10,12-13H,1-7,9,15H2. The summed E-state index contributed by atoms with van der Waals surface area (Å²) in [5, 5.41) is 1.86. The van der Waals surface area contributed by atoms with Crippen molar-refractivity contribution in [3.05, 3.63) is 17.0 Å². The van der Waals surface area contributed by atoms with Gasteiger partial charge in [-0.15, -0.1) is 11.3 Å². The third-order valence-corrected chi connectivity index (χ3v) is 8.01. The number of nitrogens with zero attached hydrogens (tertiary/aromatic N) is 1. The SMILES string of the molecule is NCc1csc(S(=O)(=O)N2CCCC3CCCCC32)c1. The molecule has 2 heterocycles. The molecule has 2 unspecified atom stereocenters. The first-order valence-corrected chi connectivity index (χ1v) is 9.74. The Morgan fingerprint density at radius 1 is 1.25 bits per heavy atom. The number of rotatable bonds is 3. The molecule has 6 heteroatoms. The van der Waals surface area contributed by atoms with Crippen molar-refractivity contribution in [2.45, 2.75) is 55.3 Å². The second-order valence-electron chi connectivity index (χ2n) is 5.85. The zero-order valence-corrected chi connectivity index (χ0v) is 13.3. The molecule has 1 aromatic rings. The van der Waals surface area contributed by atoms with Crippen LogP contribution in [0.5, 0.6) is 0 Å². The Morgan fingerprint density at radius 3 is 2.75 bits per heavy atom. The summed E-state index contributed by atoms with van der Waals surface area (Å²) in [4.78, 5) is 0. The van der Waals surface area contributed by atoms with Gasteiger partial charge in [-0.2, -0.15) is 4.31 Å². The largest absolute Gasteiger partial charge is 0.326 e. The van der Waals surface area contributed by atoms with E-state index < -0.39 is 10.0 Å². The Kier molecular flexibility index (Phi) is 4.17. The van der Waals surface area contributed by atoms with Crippen LogP contribution >= 0.6 is 11.3 Å². The topological polar surface area (TPSA) is 63.4 Å². The Morgan fingerprint density at radius 2 is 2.00 bits per heavy atom. The lowest BCUT2D eigenvalue weighted by atomic mass is 9.79. The average Bonchev–Trinajstić information content (AvgIpc) is 2.96. The molecule has 0 radical (unpaired) electrons. The normalized spacial score (nSPS) is 28.2. The molecule has 1 aliphatic heterocycles. The van der Waals surface area contributed by atoms with Crippen LogP contribution in [0.2, 0.25) is 0 Å². The summed E-state index contributed by atoms with van der Waals surface area (Å²) in [5.41, 5.74) is 6.50. The summed E-state index contributed by atoms with van der Waals surface area (Å²) in [6, 6.07) is 1.97. The van der Waals surface area contributed by atoms with Gasteiger partial charge in [0.15, 0.2) is 0 Å². The first kappa shape index (κ1) is 14.5. The Balaban J connectivity index is 1.89. The molecule has 2 aliphatic rings. The number of nitrogens with two attached hydrogens (primary N) is 1. The highest BCUT2D eigenvalue weighted by atomic mass is 32.2. The molecular weight excluding hydrogens is 292 g/mol. The minimum absolute atomic E-state index is 0.228. The van der Waals surface area contributed by atoms with E-state index in [1.165, 1.54) is 30.6 Å². The Labute approximate surface area is 125 Å². The van der Waals surface area contributed by atoms with Crippen molar-refractivity contribution in [3.63, 3.8) is 0 Å². The van der Waals surface area contributed by atoms with Crippen LogP contribution in [0.15, 0.2) is 15.7 Å². The molecule has 2 fully saturated rings. The lowest BCUT2D eigenvalue weighted by Crippen LogP contribution is -2.49. The second-order valence-corrected chi connectivity index (χ2v) is 8.88. The molecular formula is C14H22N2O2S2. The van der Waals surface area contributed by atoms with E-state index in [-0.39, 0.29) is 6.04 Å². The fourth-order valence-electron chi connectivity index (χ4n) is 3.59. The molecule has 4 nitrogen and oxygen atoms in total. The Bertz CT molecular complexity index is 565. The van der Waals surface area contributed by atoms with Gasteiger partial charge in [0.1, 0.15) is 4.21 Å². The smallest absolute Gasteiger partial charge is 0.252 e. The van der Waals surface area contributed by atoms with Gasteiger partial charge in [0.25, 0.3) is 10.0 Å². The number of thiophene rings is 1. The summed E-state index contributed by atoms with van der Waals surface area (Å²) in [6.07, 6.45) is 6.82. The predicted octanol–water partition coefficient (Wildman–Crippen LogP) is 2.55. The lowest BCUT2D eigenvalue weighted by Gasteiger charge is -2.42. The molecule has 0 spiro atoms. The van der Waals surface area contributed by atoms with Crippen LogP contribution in [-0.4, -0.2) is 25.3 Å². The highest BCUT2D eigenvalue weighted by Crippen LogP contribution is 2.38. The van der Waals surface area contributed by atoms with E-state index in [0.29, 0.717) is 23.2 Å². The van der Waals surface area contributed by atoms with Gasteiger partial charge in [-0.25, -0.2) is 8.42 Å². The van der Waals surface area contributed by atoms with E-state index >= 15 is 0 Å². The van der Waals surface area contributed by atoms with Crippen LogP contribution in [0, 0.1) is 5.92 Å². The maximum atomic E-state index is 12.9. The Hall–Kier alpha value is -0.430. The van der Waals surface area contributed by atoms with E-state index in [4.69, 9.17) is 5.73 Å². The first-order chi connectivity index (χ1) is 9.63. The van der Waals surface area contributed by atoms with Crippen LogP contribution in [0.4, 0.5) is 0 Å². The molecule has 1 saturated carbocycles. The van der Waals surface area contributed by atoms with Crippen LogP contribution in [0.1, 0.15) is 44.1 Å². The van der Waals surface area contributed by atoms with Crippen LogP contribution in [0.3, 0.4) is 0 Å². The van der Waals surface area contributed by atoms with E-state index in [2.05, 4.69) is 0 Å². The molecule has 1 aliphatic carbocycles. The van der Waals surface area contributed by atoms with Gasteiger partial charge < -0.3 is 5.73 Å². The van der Waals surface area contributed by atoms with Crippen molar-refractivity contribution in [2.24, 2.45) is 11.7 Å². The van der Waals surface area contributed by atoms with Gasteiger partial charge >= 0.3 is 0 Å². The fourth-order valence-corrected chi connectivity index (χ4v) is 6.69. The van der Waals surface area contributed by atoms with Crippen molar-refractivity contribution < 1.29 is 8.42 Å². The molecule has 1 aromatic heterocycles. The first-order valence-electron chi connectivity index (χ1n) is 7.42. The predicted molar refractivity (Wildman–Crippen MR) is 81.1 cm³/mol. The minimum Gasteiger partial charge on any atom is -0.326 e. The van der Waals surface area contributed by atoms with E-state index in [1.807, 2.05) is 5.38 Å². The van der Waals surface area contributed by atoms with Crippen LogP contribution < -0.4 is 5.73 Å². The highest BCUT2D eigenvalue weighted by molar-refractivity contribution is 7.91. The van der Waals surface area contributed by atoms with Crippen molar-refractivity contribution in [2.75, 3.05) is 6.54 Å². The molecule has 1 saturated heterocycles. The van der Waals surface area contributed by atoms with Crippen LogP contribution in [0.25, 0.3) is 0 Å². The van der Waals surface area contributed by atoms with Gasteiger partial charge in [0.2, 0.25) is 0 Å². The average molecular weight is 314 g/mol. The third-order valence-electron chi connectivity index (χ3n) is 4.62. The van der Waals surface area contributed by atoms with Gasteiger partial charge in [-0.3, -0.25) is 0 Å². The monoisotopic (exact) mass is 314 g/mol. The fraction of sp³-hybridized carbons (Fsp3) is 0.714. The van der Waals surface area contributed by atoms with Crippen molar-refractivity contribution in [1.29, 1.82) is 0 Å². The molecule has 2 N–H and O–H groups in total. The summed E-state index contributed by atoms with van der Waals surface area (Å²) in [5.74, 6) is 0.571. The van der Waals surface area contributed by atoms with Crippen molar-refractivity contribution in [3.8, 4) is 0 Å². The number of piperidine rings is 1. The maximum Gasteiger partial charge on any atom is 0.252 e. The molecule has 0 bridgehead atoms.